The third kappa shape index (κ3) is 3.28. The molecule has 4 atom stereocenters. The van der Waals surface area contributed by atoms with Crippen LogP contribution >= 0.6 is 22.9 Å². The number of rotatable bonds is 3. The van der Waals surface area contributed by atoms with Crippen molar-refractivity contribution in [2.45, 2.75) is 69.6 Å². The number of nitrogens with zero attached hydrogens (tertiary/aromatic N) is 4. The maximum absolute atomic E-state index is 13.4. The van der Waals surface area contributed by atoms with Crippen molar-refractivity contribution in [3.05, 3.63) is 62.5 Å². The number of fused-ring (bicyclic) bond motifs is 7. The Morgan fingerprint density at radius 2 is 2.11 bits per heavy atom. The smallest absolute Gasteiger partial charge is 0.224 e. The summed E-state index contributed by atoms with van der Waals surface area (Å²) in [7, 11) is 0. The van der Waals surface area contributed by atoms with E-state index in [0.717, 1.165) is 85.0 Å². The van der Waals surface area contributed by atoms with E-state index in [-0.39, 0.29) is 23.4 Å². The first-order valence-electron chi connectivity index (χ1n) is 13.4. The van der Waals surface area contributed by atoms with E-state index in [0.29, 0.717) is 17.0 Å². The van der Waals surface area contributed by atoms with Gasteiger partial charge in [0.2, 0.25) is 5.91 Å². The molecule has 0 bridgehead atoms. The molecule has 9 heteroatoms. The van der Waals surface area contributed by atoms with E-state index in [1.807, 2.05) is 25.1 Å². The van der Waals surface area contributed by atoms with Crippen LogP contribution in [0.1, 0.15) is 65.3 Å². The number of carbonyl (C=O) groups is 1. The van der Waals surface area contributed by atoms with E-state index in [9.17, 15) is 4.79 Å². The van der Waals surface area contributed by atoms with Gasteiger partial charge in [0.25, 0.3) is 0 Å². The minimum absolute atomic E-state index is 0.0535. The van der Waals surface area contributed by atoms with Gasteiger partial charge in [-0.25, -0.2) is 0 Å². The van der Waals surface area contributed by atoms with Crippen LogP contribution < -0.4 is 5.32 Å². The van der Waals surface area contributed by atoms with Crippen LogP contribution in [0.15, 0.2) is 29.3 Å². The van der Waals surface area contributed by atoms with Crippen LogP contribution in [0.3, 0.4) is 0 Å². The first-order chi connectivity index (χ1) is 18.0. The second kappa shape index (κ2) is 7.98. The largest absolute Gasteiger partial charge is 0.378 e. The molecule has 2 aliphatic heterocycles. The summed E-state index contributed by atoms with van der Waals surface area (Å²) in [5, 5.41) is 14.2. The number of nitrogens with one attached hydrogen (secondary N) is 1. The molecule has 8 rings (SSSR count). The Hall–Kier alpha value is -2.55. The summed E-state index contributed by atoms with van der Waals surface area (Å²) in [6.07, 6.45) is 6.91. The van der Waals surface area contributed by atoms with Crippen LogP contribution in [0.5, 0.6) is 0 Å². The molecule has 2 aromatic heterocycles. The van der Waals surface area contributed by atoms with Crippen molar-refractivity contribution in [3.8, 4) is 5.00 Å². The Morgan fingerprint density at radius 3 is 2.92 bits per heavy atom. The summed E-state index contributed by atoms with van der Waals surface area (Å²) in [6, 6.07) is 8.21. The van der Waals surface area contributed by atoms with Gasteiger partial charge in [-0.05, 0) is 63.5 Å². The van der Waals surface area contributed by atoms with E-state index in [1.54, 1.807) is 11.3 Å². The third-order valence-corrected chi connectivity index (χ3v) is 10.6. The molecule has 3 fully saturated rings. The number of hydrogen-bond donors (Lipinski definition) is 1. The standard InChI is InChI=1S/C28H28ClN5O2S/c1-14-32-33-27-28(8-9-28)31-24(16-5-2-3-7-19(16)29)23-18-11-15(12-22(18)37-26(23)34(14)27)25(35)30-20-13-21-17(20)6-4-10-36-21/h2-3,5,7,15,17,20-21H,4,6,8-13H2,1H3,(H,30,35)/t15-,17-,20-,21+/m0/s1. The molecule has 3 aromatic rings. The molecule has 1 N–H and O–H groups in total. The number of ether oxygens (including phenoxy) is 1. The molecule has 1 amide bonds. The average molecular weight is 534 g/mol. The van der Waals surface area contributed by atoms with Gasteiger partial charge in [-0.2, -0.15) is 0 Å². The molecular formula is C28H28ClN5O2S. The topological polar surface area (TPSA) is 81.4 Å². The Bertz CT molecular complexity index is 1490. The highest BCUT2D eigenvalue weighted by molar-refractivity contribution is 7.15. The Kier molecular flexibility index (Phi) is 4.84. The van der Waals surface area contributed by atoms with Gasteiger partial charge in [0.1, 0.15) is 16.4 Å². The Morgan fingerprint density at radius 1 is 1.24 bits per heavy atom. The Balaban J connectivity index is 1.18. The molecule has 1 aromatic carbocycles. The van der Waals surface area contributed by atoms with Crippen molar-refractivity contribution in [2.24, 2.45) is 16.8 Å². The van der Waals surface area contributed by atoms with Crippen LogP contribution in [-0.4, -0.2) is 45.1 Å². The zero-order chi connectivity index (χ0) is 24.9. The number of aryl methyl sites for hydroxylation is 1. The molecular weight excluding hydrogens is 506 g/mol. The number of hydrogen-bond acceptors (Lipinski definition) is 6. The van der Waals surface area contributed by atoms with Crippen molar-refractivity contribution < 1.29 is 9.53 Å². The van der Waals surface area contributed by atoms with E-state index in [4.69, 9.17) is 21.3 Å². The van der Waals surface area contributed by atoms with Gasteiger partial charge in [-0.3, -0.25) is 14.4 Å². The summed E-state index contributed by atoms with van der Waals surface area (Å²) >= 11 is 8.52. The molecule has 0 radical (unpaired) electrons. The molecule has 37 heavy (non-hydrogen) atoms. The van der Waals surface area contributed by atoms with E-state index in [2.05, 4.69) is 26.1 Å². The maximum Gasteiger partial charge on any atom is 0.224 e. The van der Waals surface area contributed by atoms with Gasteiger partial charge in [0.15, 0.2) is 5.82 Å². The molecule has 0 unspecified atom stereocenters. The summed E-state index contributed by atoms with van der Waals surface area (Å²) in [5.74, 6) is 2.41. The number of benzene rings is 1. The van der Waals surface area contributed by atoms with Crippen molar-refractivity contribution in [3.63, 3.8) is 0 Å². The van der Waals surface area contributed by atoms with E-state index >= 15 is 0 Å². The third-order valence-electron chi connectivity index (χ3n) is 9.01. The second-order valence-electron chi connectivity index (χ2n) is 11.2. The zero-order valence-electron chi connectivity index (χ0n) is 20.7. The molecule has 1 spiro atoms. The van der Waals surface area contributed by atoms with Gasteiger partial charge >= 0.3 is 0 Å². The van der Waals surface area contributed by atoms with Crippen LogP contribution in [0.4, 0.5) is 0 Å². The lowest BCUT2D eigenvalue weighted by Crippen LogP contribution is -2.58. The fourth-order valence-electron chi connectivity index (χ4n) is 6.80. The van der Waals surface area contributed by atoms with Crippen LogP contribution in [-0.2, 0) is 27.9 Å². The fourth-order valence-corrected chi connectivity index (χ4v) is 8.48. The lowest BCUT2D eigenvalue weighted by atomic mass is 9.72. The molecule has 3 aliphatic carbocycles. The quantitative estimate of drug-likeness (QED) is 0.536. The molecule has 7 nitrogen and oxygen atoms in total. The first-order valence-corrected chi connectivity index (χ1v) is 14.6. The predicted octanol–water partition coefficient (Wildman–Crippen LogP) is 4.53. The van der Waals surface area contributed by atoms with Crippen molar-refractivity contribution in [1.82, 2.24) is 20.1 Å². The number of thiophene rings is 1. The minimum atomic E-state index is -0.348. The molecule has 5 aliphatic rings. The number of carbonyl (C=O) groups excluding carboxylic acids is 1. The summed E-state index contributed by atoms with van der Waals surface area (Å²) in [5.41, 5.74) is 3.88. The molecule has 4 heterocycles. The Labute approximate surface area is 224 Å². The number of amides is 1. The van der Waals surface area contributed by atoms with Gasteiger partial charge < -0.3 is 10.1 Å². The minimum Gasteiger partial charge on any atom is -0.378 e. The fraction of sp³-hybridized carbons (Fsp3) is 0.500. The van der Waals surface area contributed by atoms with Crippen molar-refractivity contribution in [2.75, 3.05) is 6.61 Å². The highest BCUT2D eigenvalue weighted by atomic mass is 35.5. The normalized spacial score (nSPS) is 28.3. The SMILES string of the molecule is Cc1nnc2n1-c1sc3c(c1C(c1ccccc1Cl)=NC21CC1)C[C@H](C(=O)N[C@H]1C[C@H]2OCCC[C@@H]12)C3. The van der Waals surface area contributed by atoms with Gasteiger partial charge in [0, 0.05) is 45.5 Å². The van der Waals surface area contributed by atoms with Crippen LogP contribution in [0.2, 0.25) is 5.02 Å². The molecule has 2 saturated carbocycles. The van der Waals surface area contributed by atoms with Crippen LogP contribution in [0, 0.1) is 18.8 Å². The van der Waals surface area contributed by atoms with E-state index in [1.165, 1.54) is 10.4 Å². The summed E-state index contributed by atoms with van der Waals surface area (Å²) in [6.45, 7) is 2.87. The highest BCUT2D eigenvalue weighted by Crippen LogP contribution is 2.54. The lowest BCUT2D eigenvalue weighted by molar-refractivity contribution is -0.134. The molecule has 1 saturated heterocycles. The number of aromatic nitrogens is 3. The number of halogens is 1. The predicted molar refractivity (Wildman–Crippen MR) is 142 cm³/mol. The van der Waals surface area contributed by atoms with Gasteiger partial charge in [0.05, 0.1) is 11.8 Å². The lowest BCUT2D eigenvalue weighted by Gasteiger charge is -2.47. The second-order valence-corrected chi connectivity index (χ2v) is 12.7. The first kappa shape index (κ1) is 22.4. The number of aliphatic imine (C=N–C) groups is 1. The highest BCUT2D eigenvalue weighted by Gasteiger charge is 2.52. The molecule has 190 valence electrons. The van der Waals surface area contributed by atoms with E-state index < -0.39 is 0 Å². The monoisotopic (exact) mass is 533 g/mol. The van der Waals surface area contributed by atoms with Gasteiger partial charge in [-0.1, -0.05) is 29.8 Å². The van der Waals surface area contributed by atoms with Crippen LogP contribution in [0.25, 0.3) is 5.00 Å². The van der Waals surface area contributed by atoms with Crippen molar-refractivity contribution >= 4 is 34.6 Å². The van der Waals surface area contributed by atoms with Crippen molar-refractivity contribution in [1.29, 1.82) is 0 Å². The maximum atomic E-state index is 13.4. The van der Waals surface area contributed by atoms with Gasteiger partial charge in [-0.15, -0.1) is 21.5 Å². The zero-order valence-corrected chi connectivity index (χ0v) is 22.2. The average Bonchev–Trinajstić information content (AvgIpc) is 3.22. The summed E-state index contributed by atoms with van der Waals surface area (Å²) < 4.78 is 8.07. The summed E-state index contributed by atoms with van der Waals surface area (Å²) in [4.78, 5) is 20.1.